The molecule has 0 heterocycles. The molecular formula is C20H24N2O5S2. The first kappa shape index (κ1) is 22.6. The van der Waals surface area contributed by atoms with E-state index in [2.05, 4.69) is 11.9 Å². The van der Waals surface area contributed by atoms with E-state index < -0.39 is 19.9 Å². The lowest BCUT2D eigenvalue weighted by Crippen LogP contribution is -2.30. The van der Waals surface area contributed by atoms with Gasteiger partial charge in [-0.15, -0.1) is 6.58 Å². The number of rotatable bonds is 8. The maximum absolute atomic E-state index is 12.5. The van der Waals surface area contributed by atoms with Crippen molar-refractivity contribution < 1.29 is 21.6 Å². The Labute approximate surface area is 172 Å². The molecular weight excluding hydrogens is 412 g/mol. The molecule has 9 heteroatoms. The number of carbonyl (C=O) groups is 1. The number of sulfone groups is 1. The average Bonchev–Trinajstić information content (AvgIpc) is 2.64. The summed E-state index contributed by atoms with van der Waals surface area (Å²) in [5.74, 6) is -0.328. The van der Waals surface area contributed by atoms with Gasteiger partial charge in [-0.05, 0) is 48.9 Å². The third-order valence-electron chi connectivity index (χ3n) is 4.27. The number of nitrogens with one attached hydrogen (secondary N) is 1. The van der Waals surface area contributed by atoms with Crippen molar-refractivity contribution in [1.29, 1.82) is 0 Å². The molecule has 0 bridgehead atoms. The van der Waals surface area contributed by atoms with Gasteiger partial charge in [-0.25, -0.2) is 16.8 Å². The van der Waals surface area contributed by atoms with Gasteiger partial charge in [0.15, 0.2) is 9.84 Å². The molecule has 0 radical (unpaired) electrons. The van der Waals surface area contributed by atoms with Crippen LogP contribution < -0.4 is 9.62 Å². The van der Waals surface area contributed by atoms with Crippen molar-refractivity contribution in [2.75, 3.05) is 23.4 Å². The van der Waals surface area contributed by atoms with Gasteiger partial charge >= 0.3 is 0 Å². The minimum absolute atomic E-state index is 0.130. The van der Waals surface area contributed by atoms with Crippen LogP contribution in [0.2, 0.25) is 0 Å². The minimum Gasteiger partial charge on any atom is -0.346 e. The second-order valence-electron chi connectivity index (χ2n) is 6.67. The zero-order valence-corrected chi connectivity index (χ0v) is 18.1. The summed E-state index contributed by atoms with van der Waals surface area (Å²) < 4.78 is 48.0. The van der Waals surface area contributed by atoms with E-state index in [9.17, 15) is 21.6 Å². The second kappa shape index (κ2) is 8.79. The Morgan fingerprint density at radius 2 is 1.59 bits per heavy atom. The molecule has 1 amide bonds. The van der Waals surface area contributed by atoms with Crippen molar-refractivity contribution in [3.8, 4) is 0 Å². The standard InChI is InChI=1S/C20H24N2O5S2/c1-5-14-22(29(4,26)27)18-10-6-17(7-11-18)20(23)21-15(2)16-8-12-19(13-9-16)28(3,24)25/h5-13,15H,1,14H2,2-4H3,(H,21,23). The molecule has 1 unspecified atom stereocenters. The molecule has 0 saturated heterocycles. The van der Waals surface area contributed by atoms with Crippen molar-refractivity contribution >= 4 is 31.5 Å². The van der Waals surface area contributed by atoms with Crippen LogP contribution in [0.4, 0.5) is 5.69 Å². The first-order chi connectivity index (χ1) is 13.4. The molecule has 0 aliphatic carbocycles. The lowest BCUT2D eigenvalue weighted by Gasteiger charge is -2.21. The van der Waals surface area contributed by atoms with Crippen molar-refractivity contribution in [3.05, 3.63) is 72.3 Å². The number of hydrogen-bond acceptors (Lipinski definition) is 5. The average molecular weight is 437 g/mol. The van der Waals surface area contributed by atoms with Crippen LogP contribution in [-0.2, 0) is 19.9 Å². The molecule has 2 aromatic carbocycles. The van der Waals surface area contributed by atoms with Crippen molar-refractivity contribution in [2.24, 2.45) is 0 Å². The summed E-state index contributed by atoms with van der Waals surface area (Å²) in [7, 11) is -6.74. The van der Waals surface area contributed by atoms with Gasteiger partial charge in [0.2, 0.25) is 10.0 Å². The van der Waals surface area contributed by atoms with Crippen molar-refractivity contribution in [2.45, 2.75) is 17.9 Å². The Kier molecular flexibility index (Phi) is 6.86. The Balaban J connectivity index is 2.13. The second-order valence-corrected chi connectivity index (χ2v) is 10.6. The van der Waals surface area contributed by atoms with Crippen LogP contribution in [0.15, 0.2) is 66.1 Å². The van der Waals surface area contributed by atoms with Crippen LogP contribution in [0, 0.1) is 0 Å². The predicted octanol–water partition coefficient (Wildman–Crippen LogP) is 2.53. The van der Waals surface area contributed by atoms with E-state index in [1.54, 1.807) is 43.3 Å². The van der Waals surface area contributed by atoms with E-state index in [0.717, 1.165) is 18.1 Å². The van der Waals surface area contributed by atoms with Crippen LogP contribution in [-0.4, -0.2) is 41.8 Å². The highest BCUT2D eigenvalue weighted by Gasteiger charge is 2.17. The molecule has 0 aliphatic rings. The first-order valence-corrected chi connectivity index (χ1v) is 12.5. The van der Waals surface area contributed by atoms with Crippen LogP contribution in [0.3, 0.4) is 0 Å². The van der Waals surface area contributed by atoms with Crippen LogP contribution >= 0.6 is 0 Å². The number of benzene rings is 2. The molecule has 0 saturated carbocycles. The van der Waals surface area contributed by atoms with E-state index in [1.165, 1.54) is 22.5 Å². The summed E-state index contributed by atoms with van der Waals surface area (Å²) in [6, 6.07) is 12.2. The highest BCUT2D eigenvalue weighted by molar-refractivity contribution is 7.92. The molecule has 2 aromatic rings. The molecule has 0 fully saturated rings. The zero-order chi connectivity index (χ0) is 21.8. The number of sulfonamides is 1. The summed E-state index contributed by atoms with van der Waals surface area (Å²) in [5, 5.41) is 2.84. The lowest BCUT2D eigenvalue weighted by molar-refractivity contribution is 0.0940. The van der Waals surface area contributed by atoms with Crippen LogP contribution in [0.25, 0.3) is 0 Å². The van der Waals surface area contributed by atoms with Gasteiger partial charge < -0.3 is 5.32 Å². The number of nitrogens with zero attached hydrogens (tertiary/aromatic N) is 1. The maximum atomic E-state index is 12.5. The third kappa shape index (κ3) is 5.91. The lowest BCUT2D eigenvalue weighted by atomic mass is 10.1. The Morgan fingerprint density at radius 1 is 1.03 bits per heavy atom. The van der Waals surface area contributed by atoms with E-state index in [-0.39, 0.29) is 23.4 Å². The van der Waals surface area contributed by atoms with Gasteiger partial charge in [-0.3, -0.25) is 9.10 Å². The van der Waals surface area contributed by atoms with Crippen molar-refractivity contribution in [1.82, 2.24) is 5.32 Å². The number of carbonyl (C=O) groups excluding carboxylic acids is 1. The number of amides is 1. The van der Waals surface area contributed by atoms with E-state index in [1.807, 2.05) is 0 Å². The van der Waals surface area contributed by atoms with Gasteiger partial charge in [0.25, 0.3) is 5.91 Å². The van der Waals surface area contributed by atoms with Gasteiger partial charge in [0.05, 0.1) is 29.4 Å². The fraction of sp³-hybridized carbons (Fsp3) is 0.250. The largest absolute Gasteiger partial charge is 0.346 e. The highest BCUT2D eigenvalue weighted by Crippen LogP contribution is 2.20. The highest BCUT2D eigenvalue weighted by atomic mass is 32.2. The van der Waals surface area contributed by atoms with E-state index >= 15 is 0 Å². The van der Waals surface area contributed by atoms with Gasteiger partial charge in [0.1, 0.15) is 0 Å². The number of hydrogen-bond donors (Lipinski definition) is 1. The van der Waals surface area contributed by atoms with Gasteiger partial charge in [0, 0.05) is 11.8 Å². The first-order valence-electron chi connectivity index (χ1n) is 8.73. The molecule has 0 aromatic heterocycles. The summed E-state index contributed by atoms with van der Waals surface area (Å²) in [5.41, 5.74) is 1.57. The van der Waals surface area contributed by atoms with Crippen molar-refractivity contribution in [3.63, 3.8) is 0 Å². The SMILES string of the molecule is C=CCN(c1ccc(C(=O)NC(C)c2ccc(S(C)(=O)=O)cc2)cc1)S(C)(=O)=O. The van der Waals surface area contributed by atoms with Gasteiger partial charge in [-0.1, -0.05) is 18.2 Å². The number of anilines is 1. The molecule has 1 N–H and O–H groups in total. The zero-order valence-electron chi connectivity index (χ0n) is 16.5. The normalized spacial score (nSPS) is 12.8. The quantitative estimate of drug-likeness (QED) is 0.641. The predicted molar refractivity (Wildman–Crippen MR) is 114 cm³/mol. The fourth-order valence-corrected chi connectivity index (χ4v) is 4.21. The molecule has 0 aliphatic heterocycles. The smallest absolute Gasteiger partial charge is 0.251 e. The summed E-state index contributed by atoms with van der Waals surface area (Å²) in [6.45, 7) is 5.48. The van der Waals surface area contributed by atoms with Crippen LogP contribution in [0.5, 0.6) is 0 Å². The fourth-order valence-electron chi connectivity index (χ4n) is 2.70. The third-order valence-corrected chi connectivity index (χ3v) is 6.56. The van der Waals surface area contributed by atoms with Gasteiger partial charge in [-0.2, -0.15) is 0 Å². The molecule has 0 spiro atoms. The summed E-state index contributed by atoms with van der Waals surface area (Å²) in [6.07, 6.45) is 3.73. The topological polar surface area (TPSA) is 101 Å². The summed E-state index contributed by atoms with van der Waals surface area (Å²) >= 11 is 0. The molecule has 7 nitrogen and oxygen atoms in total. The molecule has 2 rings (SSSR count). The molecule has 156 valence electrons. The van der Waals surface area contributed by atoms with Crippen LogP contribution in [0.1, 0.15) is 28.9 Å². The maximum Gasteiger partial charge on any atom is 0.251 e. The van der Waals surface area contributed by atoms with E-state index in [0.29, 0.717) is 11.3 Å². The monoisotopic (exact) mass is 436 g/mol. The Bertz CT molecular complexity index is 1090. The minimum atomic E-state index is -3.46. The van der Waals surface area contributed by atoms with E-state index in [4.69, 9.17) is 0 Å². The summed E-state index contributed by atoms with van der Waals surface area (Å²) in [4.78, 5) is 12.7. The molecule has 29 heavy (non-hydrogen) atoms. The Hall–Kier alpha value is -2.65. The molecule has 1 atom stereocenters. The Morgan fingerprint density at radius 3 is 2.03 bits per heavy atom.